The van der Waals surface area contributed by atoms with E-state index in [1.54, 1.807) is 11.0 Å². The van der Waals surface area contributed by atoms with Gasteiger partial charge in [0, 0.05) is 32.9 Å². The molecule has 0 bridgehead atoms. The van der Waals surface area contributed by atoms with Gasteiger partial charge in [-0.25, -0.2) is 19.2 Å². The number of benzene rings is 1. The lowest BCUT2D eigenvalue weighted by Crippen LogP contribution is -2.45. The van der Waals surface area contributed by atoms with Crippen molar-refractivity contribution in [3.8, 4) is 0 Å². The highest BCUT2D eigenvalue weighted by atomic mass is 35.5. The van der Waals surface area contributed by atoms with Crippen LogP contribution in [0.1, 0.15) is 35.6 Å². The molecule has 0 spiro atoms. The van der Waals surface area contributed by atoms with E-state index in [0.29, 0.717) is 37.3 Å². The van der Waals surface area contributed by atoms with E-state index >= 15 is 0 Å². The maximum absolute atomic E-state index is 13.5. The zero-order valence-electron chi connectivity index (χ0n) is 17.1. The molecule has 2 N–H and O–H groups in total. The van der Waals surface area contributed by atoms with Crippen molar-refractivity contribution in [2.45, 2.75) is 32.4 Å². The van der Waals surface area contributed by atoms with Crippen molar-refractivity contribution < 1.29 is 19.0 Å². The highest BCUT2D eigenvalue weighted by Crippen LogP contribution is 2.23. The second kappa shape index (κ2) is 10.1. The molecule has 2 atom stereocenters. The van der Waals surface area contributed by atoms with Crippen molar-refractivity contribution in [1.82, 2.24) is 20.2 Å². The minimum absolute atomic E-state index is 0.00362. The van der Waals surface area contributed by atoms with Crippen LogP contribution in [0.15, 0.2) is 24.4 Å². The molecule has 1 aromatic carbocycles. The fourth-order valence-electron chi connectivity index (χ4n) is 3.35. The van der Waals surface area contributed by atoms with Crippen LogP contribution in [-0.2, 0) is 24.1 Å². The summed E-state index contributed by atoms with van der Waals surface area (Å²) >= 11 is 5.89. The lowest BCUT2D eigenvalue weighted by molar-refractivity contribution is 0.152. The first-order valence-electron chi connectivity index (χ1n) is 9.85. The van der Waals surface area contributed by atoms with Crippen LogP contribution in [0.25, 0.3) is 0 Å². The molecule has 0 fully saturated rings. The predicted octanol–water partition coefficient (Wildman–Crippen LogP) is 2.90. The molecule has 7 nitrogen and oxygen atoms in total. The minimum Gasteiger partial charge on any atom is -0.396 e. The number of halogens is 2. The molecular weight excluding hydrogens is 411 g/mol. The Balaban J connectivity index is 1.70. The number of hydrogen-bond donors (Lipinski definition) is 2. The molecule has 162 valence electrons. The van der Waals surface area contributed by atoms with Gasteiger partial charge in [-0.05, 0) is 35.6 Å². The molecule has 9 heteroatoms. The Labute approximate surface area is 180 Å². The third-order valence-electron chi connectivity index (χ3n) is 5.10. The second-order valence-electron chi connectivity index (χ2n) is 7.55. The fraction of sp³-hybridized carbons (Fsp3) is 0.476. The van der Waals surface area contributed by atoms with Gasteiger partial charge in [-0.1, -0.05) is 24.6 Å². The van der Waals surface area contributed by atoms with Crippen molar-refractivity contribution in [3.05, 3.63) is 57.9 Å². The number of carbonyl (C=O) groups is 1. The molecule has 0 unspecified atom stereocenters. The van der Waals surface area contributed by atoms with Gasteiger partial charge in [0.2, 0.25) is 0 Å². The number of nitrogens with one attached hydrogen (secondary N) is 1. The topological polar surface area (TPSA) is 87.6 Å². The Bertz CT molecular complexity index is 899. The van der Waals surface area contributed by atoms with Crippen LogP contribution >= 0.6 is 11.6 Å². The van der Waals surface area contributed by atoms with Crippen LogP contribution in [0.3, 0.4) is 0 Å². The van der Waals surface area contributed by atoms with Crippen molar-refractivity contribution >= 4 is 17.6 Å². The monoisotopic (exact) mass is 436 g/mol. The number of aliphatic hydroxyl groups is 1. The smallest absolute Gasteiger partial charge is 0.318 e. The average molecular weight is 437 g/mol. The first-order valence-corrected chi connectivity index (χ1v) is 10.2. The molecule has 0 aliphatic carbocycles. The number of aliphatic hydroxyl groups excluding tert-OH is 1. The Morgan fingerprint density at radius 1 is 1.47 bits per heavy atom. The summed E-state index contributed by atoms with van der Waals surface area (Å²) in [5.41, 5.74) is 2.51. The van der Waals surface area contributed by atoms with Crippen LogP contribution in [-0.4, -0.2) is 52.9 Å². The third kappa shape index (κ3) is 5.44. The van der Waals surface area contributed by atoms with E-state index < -0.39 is 11.9 Å². The largest absolute Gasteiger partial charge is 0.396 e. The van der Waals surface area contributed by atoms with Crippen LogP contribution in [0.5, 0.6) is 0 Å². The number of ether oxygens (including phenoxy) is 1. The number of aromatic nitrogens is 2. The maximum Gasteiger partial charge on any atom is 0.318 e. The van der Waals surface area contributed by atoms with Gasteiger partial charge in [-0.2, -0.15) is 0 Å². The molecule has 0 radical (unpaired) electrons. The average Bonchev–Trinajstić information content (AvgIpc) is 2.74. The third-order valence-corrected chi connectivity index (χ3v) is 5.39. The summed E-state index contributed by atoms with van der Waals surface area (Å²) in [6, 6.07) is 3.63. The molecular formula is C21H26ClFN4O3. The van der Waals surface area contributed by atoms with Gasteiger partial charge in [0.1, 0.15) is 11.6 Å². The standard InChI is InChI=1S/C21H26ClFN4O3/c1-13(11-28)7-20-24-9-15-5-6-27(10-18(15)25-20)21(29)26-19(12-30-2)14-3-4-17(23)16(22)8-14/h3-4,8-9,13,19,28H,5-7,10-12H2,1-2H3,(H,26,29)/t13-,19-/m1/s1. The van der Waals surface area contributed by atoms with Gasteiger partial charge in [-0.15, -0.1) is 0 Å². The molecule has 2 amide bonds. The first-order chi connectivity index (χ1) is 14.4. The summed E-state index contributed by atoms with van der Waals surface area (Å²) in [4.78, 5) is 23.6. The summed E-state index contributed by atoms with van der Waals surface area (Å²) in [5.74, 6) is 0.223. The van der Waals surface area contributed by atoms with E-state index in [0.717, 1.165) is 11.3 Å². The zero-order valence-corrected chi connectivity index (χ0v) is 17.8. The van der Waals surface area contributed by atoms with E-state index in [1.807, 2.05) is 13.1 Å². The van der Waals surface area contributed by atoms with Crippen LogP contribution in [0.2, 0.25) is 5.02 Å². The Kier molecular flexibility index (Phi) is 7.58. The highest BCUT2D eigenvalue weighted by Gasteiger charge is 2.25. The number of nitrogens with zero attached hydrogens (tertiary/aromatic N) is 3. The molecule has 1 aliphatic heterocycles. The van der Waals surface area contributed by atoms with Crippen LogP contribution in [0.4, 0.5) is 9.18 Å². The van der Waals surface area contributed by atoms with Crippen molar-refractivity contribution in [1.29, 1.82) is 0 Å². The van der Waals surface area contributed by atoms with Crippen LogP contribution in [0, 0.1) is 11.7 Å². The van der Waals surface area contributed by atoms with E-state index in [4.69, 9.17) is 16.3 Å². The fourth-order valence-corrected chi connectivity index (χ4v) is 3.54. The number of hydrogen-bond acceptors (Lipinski definition) is 5. The minimum atomic E-state index is -0.512. The Hall–Kier alpha value is -2.29. The van der Waals surface area contributed by atoms with Crippen molar-refractivity contribution in [3.63, 3.8) is 0 Å². The second-order valence-corrected chi connectivity index (χ2v) is 7.96. The van der Waals surface area contributed by atoms with Gasteiger partial charge >= 0.3 is 6.03 Å². The quantitative estimate of drug-likeness (QED) is 0.696. The lowest BCUT2D eigenvalue weighted by Gasteiger charge is -2.30. The predicted molar refractivity (Wildman–Crippen MR) is 111 cm³/mol. The van der Waals surface area contributed by atoms with Crippen molar-refractivity contribution in [2.24, 2.45) is 5.92 Å². The summed E-state index contributed by atoms with van der Waals surface area (Å²) in [6.07, 6.45) is 3.05. The van der Waals surface area contributed by atoms with Crippen LogP contribution < -0.4 is 5.32 Å². The lowest BCUT2D eigenvalue weighted by atomic mass is 10.1. The van der Waals surface area contributed by atoms with Gasteiger partial charge in [-0.3, -0.25) is 0 Å². The summed E-state index contributed by atoms with van der Waals surface area (Å²) in [6.45, 7) is 3.14. The Morgan fingerprint density at radius 3 is 2.97 bits per heavy atom. The Morgan fingerprint density at radius 2 is 2.27 bits per heavy atom. The molecule has 0 saturated heterocycles. The number of rotatable bonds is 7. The number of fused-ring (bicyclic) bond motifs is 1. The number of methoxy groups -OCH3 is 1. The molecule has 2 aromatic rings. The molecule has 3 rings (SSSR count). The summed E-state index contributed by atoms with van der Waals surface area (Å²) in [5, 5.41) is 12.2. The first kappa shape index (κ1) is 22.4. The number of amides is 2. The van der Waals surface area contributed by atoms with E-state index in [1.165, 1.54) is 19.2 Å². The molecule has 30 heavy (non-hydrogen) atoms. The van der Waals surface area contributed by atoms with E-state index in [-0.39, 0.29) is 30.2 Å². The van der Waals surface area contributed by atoms with Gasteiger partial charge in [0.15, 0.2) is 0 Å². The molecule has 1 aromatic heterocycles. The van der Waals surface area contributed by atoms with E-state index in [9.17, 15) is 14.3 Å². The maximum atomic E-state index is 13.5. The van der Waals surface area contributed by atoms with Crippen molar-refractivity contribution in [2.75, 3.05) is 26.9 Å². The number of urea groups is 1. The number of carbonyl (C=O) groups excluding carboxylic acids is 1. The van der Waals surface area contributed by atoms with E-state index in [2.05, 4.69) is 15.3 Å². The highest BCUT2D eigenvalue weighted by molar-refractivity contribution is 6.30. The zero-order chi connectivity index (χ0) is 21.7. The van der Waals surface area contributed by atoms with Gasteiger partial charge in [0.05, 0.1) is 29.9 Å². The summed E-state index contributed by atoms with van der Waals surface area (Å²) < 4.78 is 18.7. The molecule has 0 saturated carbocycles. The molecule has 1 aliphatic rings. The molecule has 2 heterocycles. The normalized spacial score (nSPS) is 15.4. The van der Waals surface area contributed by atoms with Gasteiger partial charge < -0.3 is 20.1 Å². The SMILES string of the molecule is COC[C@@H](NC(=O)N1CCc2cnc(C[C@@H](C)CO)nc2C1)c1ccc(F)c(Cl)c1. The van der Waals surface area contributed by atoms with Gasteiger partial charge in [0.25, 0.3) is 0 Å². The summed E-state index contributed by atoms with van der Waals surface area (Å²) in [7, 11) is 1.53.